The molecule has 2 aromatic rings. The van der Waals surface area contributed by atoms with Gasteiger partial charge in [-0.2, -0.15) is 9.36 Å². The van der Waals surface area contributed by atoms with Crippen molar-refractivity contribution in [1.29, 1.82) is 0 Å². The lowest BCUT2D eigenvalue weighted by molar-refractivity contribution is -0.133. The number of aryl methyl sites for hydroxylation is 1. The average molecular weight is 471 g/mol. The summed E-state index contributed by atoms with van der Waals surface area (Å²) in [5.74, 6) is -3.54. The van der Waals surface area contributed by atoms with Crippen LogP contribution in [0.15, 0.2) is 21.8 Å². The number of carbonyl (C=O) groups is 3. The molecule has 0 N–H and O–H groups in total. The molecular weight excluding hydrogens is 452 g/mol. The van der Waals surface area contributed by atoms with Crippen LogP contribution in [-0.2, 0) is 33.0 Å². The first-order valence-electron chi connectivity index (χ1n) is 9.24. The molecule has 31 heavy (non-hydrogen) atoms. The molecule has 1 aliphatic rings. The van der Waals surface area contributed by atoms with Gasteiger partial charge in [0.2, 0.25) is 0 Å². The fourth-order valence-electron chi connectivity index (χ4n) is 3.23. The fourth-order valence-corrected chi connectivity index (χ4v) is 4.42. The van der Waals surface area contributed by atoms with E-state index in [0.717, 1.165) is 27.8 Å². The first-order chi connectivity index (χ1) is 14.5. The maximum Gasteiger partial charge on any atom is 0.363 e. The Kier molecular flexibility index (Phi) is 6.41. The number of rotatable bonds is 7. The second-order valence-electron chi connectivity index (χ2n) is 7.07. The van der Waals surface area contributed by atoms with Gasteiger partial charge in [-0.3, -0.25) is 14.4 Å². The number of hydrogen-bond acceptors (Lipinski definition) is 9. The Morgan fingerprint density at radius 3 is 2.39 bits per heavy atom. The fraction of sp³-hybridized carbons (Fsp3) is 0.444. The van der Waals surface area contributed by atoms with Gasteiger partial charge in [-0.15, -0.1) is 0 Å². The summed E-state index contributed by atoms with van der Waals surface area (Å²) in [6, 6.07) is 2.30. The quantitative estimate of drug-likeness (QED) is 0.409. The number of nitrogens with zero attached hydrogens (tertiary/aromatic N) is 4. The van der Waals surface area contributed by atoms with Crippen molar-refractivity contribution in [1.82, 2.24) is 19.8 Å². The standard InChI is InChI=1S/C18H19ClN4O7S/c1-22-18(27)23(21-20-22)8-9-30-17-13(31(2,28)29)7-6-10(15(17)19)16(26)14-11(24)4-3-5-12(14)25/h6-7,14H,3-5,8-9H2,1-2H3. The lowest BCUT2D eigenvalue weighted by Gasteiger charge is -2.20. The highest BCUT2D eigenvalue weighted by Gasteiger charge is 2.38. The van der Waals surface area contributed by atoms with Gasteiger partial charge in [-0.25, -0.2) is 13.2 Å². The van der Waals surface area contributed by atoms with E-state index in [1.807, 2.05) is 0 Å². The molecule has 0 saturated heterocycles. The number of Topliss-reactive ketones (excluding diaryl/α,β-unsaturated/α-hetero) is 3. The Bertz CT molecular complexity index is 1220. The van der Waals surface area contributed by atoms with Crippen molar-refractivity contribution in [2.24, 2.45) is 13.0 Å². The molecule has 0 aliphatic heterocycles. The van der Waals surface area contributed by atoms with Gasteiger partial charge in [-0.1, -0.05) is 11.6 Å². The number of carbonyl (C=O) groups excluding carboxylic acids is 3. The maximum absolute atomic E-state index is 12.9. The van der Waals surface area contributed by atoms with E-state index in [9.17, 15) is 27.6 Å². The number of tetrazole rings is 1. The third-order valence-corrected chi connectivity index (χ3v) is 6.30. The summed E-state index contributed by atoms with van der Waals surface area (Å²) in [4.78, 5) is 48.7. The van der Waals surface area contributed by atoms with Crippen LogP contribution in [0, 0.1) is 5.92 Å². The second kappa shape index (κ2) is 8.71. The number of ketones is 3. The average Bonchev–Trinajstić information content (AvgIpc) is 3.00. The summed E-state index contributed by atoms with van der Waals surface area (Å²) >= 11 is 6.31. The molecule has 1 aliphatic carbocycles. The zero-order valence-electron chi connectivity index (χ0n) is 16.7. The largest absolute Gasteiger partial charge is 0.489 e. The Balaban J connectivity index is 1.95. The van der Waals surface area contributed by atoms with Gasteiger partial charge in [0.25, 0.3) is 0 Å². The van der Waals surface area contributed by atoms with Crippen molar-refractivity contribution in [2.75, 3.05) is 12.9 Å². The van der Waals surface area contributed by atoms with Gasteiger partial charge in [0.15, 0.2) is 32.9 Å². The van der Waals surface area contributed by atoms with E-state index in [0.29, 0.717) is 6.42 Å². The van der Waals surface area contributed by atoms with Gasteiger partial charge in [-0.05, 0) is 29.0 Å². The highest BCUT2D eigenvalue weighted by molar-refractivity contribution is 7.90. The molecule has 0 amide bonds. The predicted molar refractivity (Wildman–Crippen MR) is 107 cm³/mol. The van der Waals surface area contributed by atoms with Gasteiger partial charge in [0.1, 0.15) is 17.4 Å². The number of benzene rings is 1. The predicted octanol–water partition coefficient (Wildman–Crippen LogP) is 0.234. The Labute approximate surface area is 181 Å². The van der Waals surface area contributed by atoms with E-state index in [4.69, 9.17) is 16.3 Å². The molecule has 0 atom stereocenters. The van der Waals surface area contributed by atoms with Gasteiger partial charge < -0.3 is 4.74 Å². The molecule has 1 aromatic carbocycles. The number of aromatic nitrogens is 4. The first kappa shape index (κ1) is 22.8. The van der Waals surface area contributed by atoms with Crippen LogP contribution in [0.3, 0.4) is 0 Å². The molecule has 0 radical (unpaired) electrons. The highest BCUT2D eigenvalue weighted by Crippen LogP contribution is 2.37. The summed E-state index contributed by atoms with van der Waals surface area (Å²) in [6.07, 6.45) is 1.54. The van der Waals surface area contributed by atoms with E-state index in [-0.39, 0.29) is 47.2 Å². The summed E-state index contributed by atoms with van der Waals surface area (Å²) in [6.45, 7) is -0.274. The lowest BCUT2D eigenvalue weighted by atomic mass is 9.81. The smallest absolute Gasteiger partial charge is 0.363 e. The summed E-state index contributed by atoms with van der Waals surface area (Å²) in [5.41, 5.74) is -0.689. The zero-order valence-corrected chi connectivity index (χ0v) is 18.3. The van der Waals surface area contributed by atoms with Crippen LogP contribution in [0.1, 0.15) is 29.6 Å². The molecule has 0 unspecified atom stereocenters. The van der Waals surface area contributed by atoms with Crippen LogP contribution in [0.4, 0.5) is 0 Å². The molecule has 1 aromatic heterocycles. The lowest BCUT2D eigenvalue weighted by Crippen LogP contribution is -2.35. The van der Waals surface area contributed by atoms with E-state index < -0.39 is 38.8 Å². The minimum absolute atomic E-state index is 0.0655. The van der Waals surface area contributed by atoms with Crippen LogP contribution in [-0.4, -0.2) is 58.4 Å². The van der Waals surface area contributed by atoms with Crippen molar-refractivity contribution < 1.29 is 27.5 Å². The summed E-state index contributed by atoms with van der Waals surface area (Å²) in [5, 5.41) is 6.84. The van der Waals surface area contributed by atoms with E-state index in [1.165, 1.54) is 7.05 Å². The number of hydrogen-bond donors (Lipinski definition) is 0. The number of sulfone groups is 1. The Hall–Kier alpha value is -2.86. The monoisotopic (exact) mass is 470 g/mol. The van der Waals surface area contributed by atoms with E-state index in [1.54, 1.807) is 0 Å². The Morgan fingerprint density at radius 2 is 1.84 bits per heavy atom. The van der Waals surface area contributed by atoms with Crippen molar-refractivity contribution >= 4 is 38.8 Å². The van der Waals surface area contributed by atoms with Crippen molar-refractivity contribution in [2.45, 2.75) is 30.7 Å². The van der Waals surface area contributed by atoms with Gasteiger partial charge in [0.05, 0.1) is 11.6 Å². The molecule has 11 nitrogen and oxygen atoms in total. The van der Waals surface area contributed by atoms with Crippen LogP contribution in [0.25, 0.3) is 0 Å². The molecular formula is C18H19ClN4O7S. The third kappa shape index (κ3) is 4.59. The molecule has 1 fully saturated rings. The molecule has 13 heteroatoms. The topological polar surface area (TPSA) is 147 Å². The maximum atomic E-state index is 12.9. The highest BCUT2D eigenvalue weighted by atomic mass is 35.5. The van der Waals surface area contributed by atoms with Crippen molar-refractivity contribution in [3.8, 4) is 5.75 Å². The molecule has 1 heterocycles. The van der Waals surface area contributed by atoms with Gasteiger partial charge >= 0.3 is 5.69 Å². The number of ether oxygens (including phenoxy) is 1. The second-order valence-corrected chi connectivity index (χ2v) is 9.43. The minimum atomic E-state index is -3.80. The molecule has 0 bridgehead atoms. The first-order valence-corrected chi connectivity index (χ1v) is 11.5. The normalized spacial score (nSPS) is 15.3. The van der Waals surface area contributed by atoms with Gasteiger partial charge in [0, 0.05) is 31.7 Å². The SMILES string of the molecule is Cn1nnn(CCOc2c(S(C)(=O)=O)ccc(C(=O)C3C(=O)CCCC3=O)c2Cl)c1=O. The van der Waals surface area contributed by atoms with Crippen molar-refractivity contribution in [3.63, 3.8) is 0 Å². The molecule has 1 saturated carbocycles. The van der Waals surface area contributed by atoms with Crippen molar-refractivity contribution in [3.05, 3.63) is 33.2 Å². The van der Waals surface area contributed by atoms with Crippen LogP contribution >= 0.6 is 11.6 Å². The Morgan fingerprint density at radius 1 is 1.19 bits per heavy atom. The van der Waals surface area contributed by atoms with Crippen LogP contribution < -0.4 is 10.4 Å². The molecule has 166 valence electrons. The molecule has 3 rings (SSSR count). The molecule has 0 spiro atoms. The zero-order chi connectivity index (χ0) is 22.9. The van der Waals surface area contributed by atoms with Crippen LogP contribution in [0.5, 0.6) is 5.75 Å². The summed E-state index contributed by atoms with van der Waals surface area (Å²) < 4.78 is 31.9. The van der Waals surface area contributed by atoms with E-state index >= 15 is 0 Å². The summed E-state index contributed by atoms with van der Waals surface area (Å²) in [7, 11) is -2.39. The number of halogens is 1. The minimum Gasteiger partial charge on any atom is -0.489 e. The van der Waals surface area contributed by atoms with Crippen LogP contribution in [0.2, 0.25) is 5.02 Å². The van der Waals surface area contributed by atoms with E-state index in [2.05, 4.69) is 10.4 Å². The third-order valence-electron chi connectivity index (χ3n) is 4.81.